The maximum absolute atomic E-state index is 14.4. The number of para-hydroxylation sites is 1. The fourth-order valence-corrected chi connectivity index (χ4v) is 4.47. The van der Waals surface area contributed by atoms with E-state index in [1.807, 2.05) is 0 Å². The van der Waals surface area contributed by atoms with Crippen LogP contribution < -0.4 is 10.0 Å². The lowest BCUT2D eigenvalue weighted by Gasteiger charge is -2.11. The lowest BCUT2D eigenvalue weighted by atomic mass is 10.1. The fourth-order valence-electron chi connectivity index (χ4n) is 3.11. The molecule has 0 fully saturated rings. The largest absolute Gasteiger partial charge is 0.348 e. The Hall–Kier alpha value is -3.69. The minimum atomic E-state index is -3.96. The van der Waals surface area contributed by atoms with Gasteiger partial charge in [0, 0.05) is 24.5 Å². The van der Waals surface area contributed by atoms with Gasteiger partial charge in [-0.3, -0.25) is 9.52 Å². The SMILES string of the molecule is O=C(NCc1ccc(-n2ccnc2)c(F)c1)c1cccc(S(=O)(=O)Nc2ccccc2Cl)c1. The van der Waals surface area contributed by atoms with Gasteiger partial charge in [-0.05, 0) is 48.0 Å². The first-order chi connectivity index (χ1) is 15.8. The van der Waals surface area contributed by atoms with Gasteiger partial charge in [0.25, 0.3) is 15.9 Å². The lowest BCUT2D eigenvalue weighted by Crippen LogP contribution is -2.23. The summed E-state index contributed by atoms with van der Waals surface area (Å²) in [7, 11) is -3.96. The minimum Gasteiger partial charge on any atom is -0.348 e. The number of hydrogen-bond acceptors (Lipinski definition) is 4. The first kappa shape index (κ1) is 22.5. The number of imidazole rings is 1. The number of aromatic nitrogens is 2. The van der Waals surface area contributed by atoms with Gasteiger partial charge in [-0.2, -0.15) is 0 Å². The maximum atomic E-state index is 14.4. The molecule has 0 bridgehead atoms. The summed E-state index contributed by atoms with van der Waals surface area (Å²) in [6.07, 6.45) is 4.66. The Kier molecular flexibility index (Phi) is 6.43. The third-order valence-electron chi connectivity index (χ3n) is 4.77. The van der Waals surface area contributed by atoms with Gasteiger partial charge in [0.05, 0.1) is 27.6 Å². The van der Waals surface area contributed by atoms with Crippen LogP contribution in [-0.2, 0) is 16.6 Å². The molecule has 1 heterocycles. The molecule has 0 saturated heterocycles. The highest BCUT2D eigenvalue weighted by atomic mass is 35.5. The Labute approximate surface area is 194 Å². The van der Waals surface area contributed by atoms with E-state index >= 15 is 0 Å². The van der Waals surface area contributed by atoms with Crippen molar-refractivity contribution in [3.8, 4) is 5.69 Å². The van der Waals surface area contributed by atoms with Crippen molar-refractivity contribution in [1.29, 1.82) is 0 Å². The van der Waals surface area contributed by atoms with Gasteiger partial charge in [0.2, 0.25) is 0 Å². The van der Waals surface area contributed by atoms with Crippen molar-refractivity contribution in [3.05, 3.63) is 107 Å². The summed E-state index contributed by atoms with van der Waals surface area (Å²) in [4.78, 5) is 16.4. The third kappa shape index (κ3) is 5.21. The Balaban J connectivity index is 1.46. The molecule has 4 aromatic rings. The molecule has 4 rings (SSSR count). The quantitative estimate of drug-likeness (QED) is 0.406. The zero-order valence-corrected chi connectivity index (χ0v) is 18.6. The highest BCUT2D eigenvalue weighted by molar-refractivity contribution is 7.92. The van der Waals surface area contributed by atoms with Crippen LogP contribution in [0, 0.1) is 5.82 Å². The second-order valence-electron chi connectivity index (χ2n) is 7.05. The van der Waals surface area contributed by atoms with Crippen LogP contribution in [-0.4, -0.2) is 23.9 Å². The predicted octanol–water partition coefficient (Wildman–Crippen LogP) is 4.40. The monoisotopic (exact) mass is 484 g/mol. The molecule has 0 unspecified atom stereocenters. The number of nitrogens with one attached hydrogen (secondary N) is 2. The first-order valence-corrected chi connectivity index (χ1v) is 11.6. The van der Waals surface area contributed by atoms with E-state index in [1.165, 1.54) is 42.7 Å². The number of sulfonamides is 1. The van der Waals surface area contributed by atoms with Crippen molar-refractivity contribution in [1.82, 2.24) is 14.9 Å². The van der Waals surface area contributed by atoms with Gasteiger partial charge in [0.1, 0.15) is 5.82 Å². The number of anilines is 1. The Morgan fingerprint density at radius 1 is 1.06 bits per heavy atom. The van der Waals surface area contributed by atoms with Gasteiger partial charge >= 0.3 is 0 Å². The fraction of sp³-hybridized carbons (Fsp3) is 0.0435. The van der Waals surface area contributed by atoms with Crippen molar-refractivity contribution < 1.29 is 17.6 Å². The summed E-state index contributed by atoms with van der Waals surface area (Å²) in [6, 6.07) is 16.6. The number of amides is 1. The Morgan fingerprint density at radius 2 is 1.88 bits per heavy atom. The molecule has 2 N–H and O–H groups in total. The van der Waals surface area contributed by atoms with Crippen LogP contribution in [0.1, 0.15) is 15.9 Å². The average Bonchev–Trinajstić information content (AvgIpc) is 3.34. The summed E-state index contributed by atoms with van der Waals surface area (Å²) in [5, 5.41) is 2.92. The maximum Gasteiger partial charge on any atom is 0.261 e. The van der Waals surface area contributed by atoms with Crippen LogP contribution in [0.15, 0.2) is 90.3 Å². The smallest absolute Gasteiger partial charge is 0.261 e. The molecule has 168 valence electrons. The first-order valence-electron chi connectivity index (χ1n) is 9.76. The average molecular weight is 485 g/mol. The van der Waals surface area contributed by atoms with Crippen LogP contribution in [0.4, 0.5) is 10.1 Å². The summed E-state index contributed by atoms with van der Waals surface area (Å²) < 4.78 is 43.8. The standard InChI is InChI=1S/C23H18ClFN4O3S/c24-19-6-1-2-7-21(19)28-33(31,32)18-5-3-4-17(13-18)23(30)27-14-16-8-9-22(20(25)12-16)29-11-10-26-15-29/h1-13,15,28H,14H2,(H,27,30). The van der Waals surface area contributed by atoms with Crippen molar-refractivity contribution in [2.75, 3.05) is 4.72 Å². The van der Waals surface area contributed by atoms with Crippen LogP contribution in [0.5, 0.6) is 0 Å². The van der Waals surface area contributed by atoms with E-state index in [0.29, 0.717) is 11.3 Å². The molecule has 33 heavy (non-hydrogen) atoms. The molecular weight excluding hydrogens is 467 g/mol. The Bertz CT molecular complexity index is 1410. The highest BCUT2D eigenvalue weighted by Gasteiger charge is 2.18. The molecule has 0 aliphatic carbocycles. The molecule has 0 saturated carbocycles. The summed E-state index contributed by atoms with van der Waals surface area (Å²) >= 11 is 6.03. The number of carbonyl (C=O) groups is 1. The second kappa shape index (κ2) is 9.43. The van der Waals surface area contributed by atoms with Crippen molar-refractivity contribution in [2.45, 2.75) is 11.4 Å². The van der Waals surface area contributed by atoms with Gasteiger partial charge in [0.15, 0.2) is 0 Å². The van der Waals surface area contributed by atoms with Crippen LogP contribution >= 0.6 is 11.6 Å². The van der Waals surface area contributed by atoms with Crippen LogP contribution in [0.25, 0.3) is 5.69 Å². The number of carbonyl (C=O) groups excluding carboxylic acids is 1. The molecule has 3 aromatic carbocycles. The van der Waals surface area contributed by atoms with E-state index in [9.17, 15) is 17.6 Å². The van der Waals surface area contributed by atoms with Gasteiger partial charge in [-0.1, -0.05) is 35.9 Å². The number of hydrogen-bond donors (Lipinski definition) is 2. The van der Waals surface area contributed by atoms with Crippen LogP contribution in [0.2, 0.25) is 5.02 Å². The molecule has 10 heteroatoms. The summed E-state index contributed by atoms with van der Waals surface area (Å²) in [6.45, 7) is 0.0643. The summed E-state index contributed by atoms with van der Waals surface area (Å²) in [5.41, 5.74) is 1.27. The van der Waals surface area contributed by atoms with E-state index in [2.05, 4.69) is 15.0 Å². The highest BCUT2D eigenvalue weighted by Crippen LogP contribution is 2.24. The molecule has 1 aromatic heterocycles. The normalized spacial score (nSPS) is 11.2. The van der Waals surface area contributed by atoms with E-state index < -0.39 is 21.7 Å². The van der Waals surface area contributed by atoms with E-state index in [-0.39, 0.29) is 27.7 Å². The van der Waals surface area contributed by atoms with Crippen molar-refractivity contribution in [2.24, 2.45) is 0 Å². The molecule has 0 aliphatic rings. The van der Waals surface area contributed by atoms with E-state index in [1.54, 1.807) is 47.3 Å². The topological polar surface area (TPSA) is 93.1 Å². The number of nitrogens with zero attached hydrogens (tertiary/aromatic N) is 2. The number of rotatable bonds is 7. The second-order valence-corrected chi connectivity index (χ2v) is 9.14. The van der Waals surface area contributed by atoms with E-state index in [4.69, 9.17) is 11.6 Å². The van der Waals surface area contributed by atoms with Gasteiger partial charge in [-0.15, -0.1) is 0 Å². The van der Waals surface area contributed by atoms with Crippen molar-refractivity contribution >= 4 is 33.2 Å². The number of halogens is 2. The molecular formula is C23H18ClFN4O3S. The van der Waals surface area contributed by atoms with Gasteiger partial charge in [-0.25, -0.2) is 17.8 Å². The molecule has 0 atom stereocenters. The van der Waals surface area contributed by atoms with Crippen molar-refractivity contribution in [3.63, 3.8) is 0 Å². The molecule has 7 nitrogen and oxygen atoms in total. The van der Waals surface area contributed by atoms with E-state index in [0.717, 1.165) is 0 Å². The molecule has 1 amide bonds. The summed E-state index contributed by atoms with van der Waals surface area (Å²) in [5.74, 6) is -0.956. The van der Waals surface area contributed by atoms with Crippen LogP contribution in [0.3, 0.4) is 0 Å². The van der Waals surface area contributed by atoms with Gasteiger partial charge < -0.3 is 9.88 Å². The predicted molar refractivity (Wildman–Crippen MR) is 123 cm³/mol. The zero-order chi connectivity index (χ0) is 23.4. The Morgan fingerprint density at radius 3 is 2.61 bits per heavy atom. The zero-order valence-electron chi connectivity index (χ0n) is 17.1. The minimum absolute atomic E-state index is 0.0643. The lowest BCUT2D eigenvalue weighted by molar-refractivity contribution is 0.0950. The third-order valence-corrected chi connectivity index (χ3v) is 6.47. The molecule has 0 spiro atoms. The molecule has 0 radical (unpaired) electrons. The number of benzene rings is 3. The molecule has 0 aliphatic heterocycles.